The Labute approximate surface area is 122 Å². The lowest BCUT2D eigenvalue weighted by Gasteiger charge is -2.22. The van der Waals surface area contributed by atoms with Crippen molar-refractivity contribution in [2.45, 2.75) is 31.6 Å². The van der Waals surface area contributed by atoms with Crippen molar-refractivity contribution in [3.05, 3.63) is 5.82 Å². The zero-order valence-corrected chi connectivity index (χ0v) is 12.0. The molecule has 0 atom stereocenters. The van der Waals surface area contributed by atoms with E-state index in [1.54, 1.807) is 0 Å². The zero-order valence-electron chi connectivity index (χ0n) is 12.0. The molecule has 2 rings (SSSR count). The average molecular weight is 299 g/mol. The van der Waals surface area contributed by atoms with Gasteiger partial charge in [0, 0.05) is 5.92 Å². The normalized spacial score (nSPS) is 15.4. The maximum absolute atomic E-state index is 9.27. The highest BCUT2D eigenvalue weighted by molar-refractivity contribution is 5.37. The monoisotopic (exact) mass is 299 g/mol. The van der Waals surface area contributed by atoms with Gasteiger partial charge >= 0.3 is 0 Å². The minimum atomic E-state index is -0.420. The lowest BCUT2D eigenvalue weighted by Crippen LogP contribution is -2.31. The number of nitrogens with zero attached hydrogens (tertiary/aromatic N) is 5. The minimum absolute atomic E-state index is 0.152. The van der Waals surface area contributed by atoms with Gasteiger partial charge < -0.3 is 15.3 Å². The molecule has 1 heterocycles. The van der Waals surface area contributed by atoms with Gasteiger partial charge in [-0.2, -0.15) is 20.0 Å². The molecule has 118 valence electrons. The summed E-state index contributed by atoms with van der Waals surface area (Å²) in [6.07, 6.45) is 4.23. The van der Waals surface area contributed by atoms with Crippen molar-refractivity contribution in [3.8, 4) is 0 Å². The summed E-state index contributed by atoms with van der Waals surface area (Å²) in [6.45, 7) is -1.26. The van der Waals surface area contributed by atoms with Crippen molar-refractivity contribution in [1.82, 2.24) is 15.0 Å². The smallest absolute Gasteiger partial charge is 0.257 e. The fraction of sp³-hybridized carbons (Fsp3) is 0.750. The minimum Gasteiger partial charge on any atom is -0.376 e. The molecular formula is C12H21N5O4. The van der Waals surface area contributed by atoms with Crippen molar-refractivity contribution in [2.75, 3.05) is 37.3 Å². The van der Waals surface area contributed by atoms with Gasteiger partial charge in [-0.3, -0.25) is 9.74 Å². The zero-order chi connectivity index (χ0) is 15.2. The third-order valence-corrected chi connectivity index (χ3v) is 3.55. The van der Waals surface area contributed by atoms with E-state index in [0.717, 1.165) is 30.7 Å². The number of aliphatic hydroxyl groups excluding tert-OH is 3. The molecule has 3 N–H and O–H groups in total. The van der Waals surface area contributed by atoms with Crippen LogP contribution in [0.2, 0.25) is 0 Å². The van der Waals surface area contributed by atoms with E-state index in [4.69, 9.17) is 4.84 Å². The topological polar surface area (TPSA) is 115 Å². The first-order valence-electron chi connectivity index (χ1n) is 6.88. The molecule has 0 unspecified atom stereocenters. The molecule has 1 aliphatic carbocycles. The molecule has 0 bridgehead atoms. The Kier molecular flexibility index (Phi) is 5.62. The number of hydrogen-bond acceptors (Lipinski definition) is 9. The van der Waals surface area contributed by atoms with Gasteiger partial charge in [0.2, 0.25) is 5.95 Å². The Morgan fingerprint density at radius 2 is 1.62 bits per heavy atom. The molecule has 1 saturated carbocycles. The molecule has 1 aromatic heterocycles. The number of hydrogen-bond donors (Lipinski definition) is 3. The number of aromatic nitrogens is 3. The lowest BCUT2D eigenvalue weighted by atomic mass is 10.1. The third kappa shape index (κ3) is 3.56. The van der Waals surface area contributed by atoms with Gasteiger partial charge in [0.15, 0.2) is 0 Å². The first-order valence-corrected chi connectivity index (χ1v) is 6.88. The summed E-state index contributed by atoms with van der Waals surface area (Å²) in [5.41, 5.74) is 0. The molecule has 0 saturated heterocycles. The van der Waals surface area contributed by atoms with E-state index >= 15 is 0 Å². The predicted octanol–water partition coefficient (Wildman–Crippen LogP) is -0.447. The van der Waals surface area contributed by atoms with Crippen LogP contribution in [0.3, 0.4) is 0 Å². The van der Waals surface area contributed by atoms with Crippen molar-refractivity contribution in [1.29, 1.82) is 0 Å². The van der Waals surface area contributed by atoms with Crippen LogP contribution in [0.25, 0.3) is 0 Å². The fourth-order valence-electron chi connectivity index (χ4n) is 2.36. The van der Waals surface area contributed by atoms with Gasteiger partial charge in [0.05, 0.1) is 7.11 Å². The van der Waals surface area contributed by atoms with Crippen LogP contribution < -0.4 is 9.96 Å². The summed E-state index contributed by atoms with van der Waals surface area (Å²) in [4.78, 5) is 19.0. The van der Waals surface area contributed by atoms with Crippen molar-refractivity contribution < 1.29 is 20.2 Å². The van der Waals surface area contributed by atoms with Gasteiger partial charge in [0.25, 0.3) is 5.95 Å². The van der Waals surface area contributed by atoms with Crippen LogP contribution in [-0.4, -0.2) is 57.6 Å². The van der Waals surface area contributed by atoms with Gasteiger partial charge in [-0.1, -0.05) is 12.8 Å². The fourth-order valence-corrected chi connectivity index (χ4v) is 2.36. The first-order chi connectivity index (χ1) is 10.2. The van der Waals surface area contributed by atoms with Crippen molar-refractivity contribution >= 4 is 11.9 Å². The van der Waals surface area contributed by atoms with Crippen LogP contribution in [0.15, 0.2) is 0 Å². The van der Waals surface area contributed by atoms with Crippen molar-refractivity contribution in [3.63, 3.8) is 0 Å². The van der Waals surface area contributed by atoms with E-state index < -0.39 is 20.2 Å². The third-order valence-electron chi connectivity index (χ3n) is 3.55. The summed E-state index contributed by atoms with van der Waals surface area (Å²) < 4.78 is 0. The van der Waals surface area contributed by atoms with E-state index in [2.05, 4.69) is 15.0 Å². The molecule has 21 heavy (non-hydrogen) atoms. The number of hydroxylamine groups is 1. The summed E-state index contributed by atoms with van der Waals surface area (Å²) in [5, 5.41) is 28.9. The van der Waals surface area contributed by atoms with Crippen LogP contribution in [0.1, 0.15) is 37.4 Å². The maximum Gasteiger partial charge on any atom is 0.257 e. The standard InChI is InChI=1S/C12H21N5O4/c1-21-17(8-20)12-14-10(9-4-2-3-5-9)13-11(15-12)16(6-18)7-19/h9,18-20H,2-8H2,1H3. The van der Waals surface area contributed by atoms with Crippen LogP contribution in [-0.2, 0) is 4.84 Å². The second-order valence-corrected chi connectivity index (χ2v) is 4.80. The van der Waals surface area contributed by atoms with Gasteiger partial charge in [0.1, 0.15) is 26.0 Å². The number of rotatable bonds is 7. The molecule has 9 nitrogen and oxygen atoms in total. The maximum atomic E-state index is 9.27. The molecule has 0 spiro atoms. The molecule has 0 radical (unpaired) electrons. The molecule has 9 heteroatoms. The summed E-state index contributed by atoms with van der Waals surface area (Å²) >= 11 is 0. The predicted molar refractivity (Wildman–Crippen MR) is 74.3 cm³/mol. The van der Waals surface area contributed by atoms with Crippen molar-refractivity contribution in [2.24, 2.45) is 0 Å². The second-order valence-electron chi connectivity index (χ2n) is 4.80. The lowest BCUT2D eigenvalue weighted by molar-refractivity contribution is 0.0970. The summed E-state index contributed by atoms with van der Waals surface area (Å²) in [7, 11) is 1.39. The summed E-state index contributed by atoms with van der Waals surface area (Å²) in [6, 6.07) is 0. The molecule has 1 aliphatic rings. The Bertz CT molecular complexity index is 387. The number of anilines is 2. The van der Waals surface area contributed by atoms with Crippen LogP contribution in [0, 0.1) is 0 Å². The quantitative estimate of drug-likeness (QED) is 0.455. The van der Waals surface area contributed by atoms with Crippen LogP contribution in [0.5, 0.6) is 0 Å². The molecular weight excluding hydrogens is 278 g/mol. The second kappa shape index (κ2) is 7.46. The Morgan fingerprint density at radius 3 is 2.14 bits per heavy atom. The molecule has 0 amide bonds. The molecule has 0 aromatic carbocycles. The van der Waals surface area contributed by atoms with E-state index in [-0.39, 0.29) is 17.8 Å². The van der Waals surface area contributed by atoms with E-state index in [1.807, 2.05) is 0 Å². The highest BCUT2D eigenvalue weighted by Gasteiger charge is 2.24. The Balaban J connectivity index is 2.39. The van der Waals surface area contributed by atoms with Gasteiger partial charge in [-0.15, -0.1) is 0 Å². The van der Waals surface area contributed by atoms with E-state index in [1.165, 1.54) is 12.0 Å². The molecule has 1 aromatic rings. The molecule has 1 fully saturated rings. The Morgan fingerprint density at radius 1 is 1.00 bits per heavy atom. The number of aliphatic hydroxyl groups is 3. The van der Waals surface area contributed by atoms with Gasteiger partial charge in [-0.25, -0.2) is 0 Å². The van der Waals surface area contributed by atoms with E-state index in [0.29, 0.717) is 5.82 Å². The summed E-state index contributed by atoms with van der Waals surface area (Å²) in [5.74, 6) is 1.12. The highest BCUT2D eigenvalue weighted by atomic mass is 16.7. The van der Waals surface area contributed by atoms with E-state index in [9.17, 15) is 15.3 Å². The molecule has 0 aliphatic heterocycles. The average Bonchev–Trinajstić information content (AvgIpc) is 3.04. The van der Waals surface area contributed by atoms with Crippen LogP contribution >= 0.6 is 0 Å². The Hall–Kier alpha value is -1.55. The highest BCUT2D eigenvalue weighted by Crippen LogP contribution is 2.33. The largest absolute Gasteiger partial charge is 0.376 e. The first kappa shape index (κ1) is 15.8. The van der Waals surface area contributed by atoms with Gasteiger partial charge in [-0.05, 0) is 12.8 Å². The SMILES string of the molecule is CON(CO)c1nc(C2CCCC2)nc(N(CO)CO)n1. The van der Waals surface area contributed by atoms with Crippen LogP contribution in [0.4, 0.5) is 11.9 Å².